The molecule has 0 amide bonds. The number of aliphatic hydroxyl groups is 2. The van der Waals surface area contributed by atoms with Crippen molar-refractivity contribution in [1.29, 1.82) is 0 Å². The summed E-state index contributed by atoms with van der Waals surface area (Å²) in [5.41, 5.74) is 0. The molecule has 0 aliphatic rings. The fraction of sp³-hybridized carbons (Fsp3) is 0.875. The zero-order valence-corrected chi connectivity index (χ0v) is 8.39. The summed E-state index contributed by atoms with van der Waals surface area (Å²) in [5.74, 6) is -0.871. The standard InChI is InChI=1S/C8H14F2O5/c1-4(11)7(13)8(6(10)3-9)15-14-5(2)12/h4,6-8,11,13H,3H2,1-2H3/t4-,6+,7+,8-/m1/s1. The molecular formula is C8H14F2O5. The van der Waals surface area contributed by atoms with Crippen LogP contribution in [0.3, 0.4) is 0 Å². The van der Waals surface area contributed by atoms with Crippen LogP contribution < -0.4 is 0 Å². The second-order valence-corrected chi connectivity index (χ2v) is 3.04. The molecule has 90 valence electrons. The van der Waals surface area contributed by atoms with Crippen LogP contribution in [0, 0.1) is 0 Å². The lowest BCUT2D eigenvalue weighted by molar-refractivity contribution is -0.325. The lowest BCUT2D eigenvalue weighted by atomic mass is 10.1. The zero-order chi connectivity index (χ0) is 12.0. The van der Waals surface area contributed by atoms with Crippen molar-refractivity contribution in [3.63, 3.8) is 0 Å². The quantitative estimate of drug-likeness (QED) is 0.490. The van der Waals surface area contributed by atoms with E-state index in [1.165, 1.54) is 6.92 Å². The van der Waals surface area contributed by atoms with Gasteiger partial charge in [-0.25, -0.2) is 13.6 Å². The number of alkyl halides is 2. The van der Waals surface area contributed by atoms with Crippen molar-refractivity contribution in [2.24, 2.45) is 0 Å². The first-order valence-corrected chi connectivity index (χ1v) is 4.30. The first-order valence-electron chi connectivity index (χ1n) is 4.30. The lowest BCUT2D eigenvalue weighted by Gasteiger charge is -2.24. The van der Waals surface area contributed by atoms with Crippen molar-refractivity contribution < 1.29 is 33.6 Å². The van der Waals surface area contributed by atoms with Crippen LogP contribution in [-0.4, -0.2) is 47.3 Å². The van der Waals surface area contributed by atoms with Crippen LogP contribution in [0.25, 0.3) is 0 Å². The highest BCUT2D eigenvalue weighted by Gasteiger charge is 2.34. The Hall–Kier alpha value is -0.790. The van der Waals surface area contributed by atoms with E-state index >= 15 is 0 Å². The Balaban J connectivity index is 4.36. The van der Waals surface area contributed by atoms with Crippen molar-refractivity contribution in [3.05, 3.63) is 0 Å². The molecule has 0 aliphatic carbocycles. The van der Waals surface area contributed by atoms with Crippen LogP contribution in [0.4, 0.5) is 8.78 Å². The molecule has 0 radical (unpaired) electrons. The van der Waals surface area contributed by atoms with Gasteiger partial charge in [0.1, 0.15) is 12.8 Å². The van der Waals surface area contributed by atoms with E-state index in [1.54, 1.807) is 0 Å². The van der Waals surface area contributed by atoms with Gasteiger partial charge < -0.3 is 10.2 Å². The third kappa shape index (κ3) is 5.01. The van der Waals surface area contributed by atoms with Crippen molar-refractivity contribution in [3.8, 4) is 0 Å². The van der Waals surface area contributed by atoms with Gasteiger partial charge in [-0.15, -0.1) is 0 Å². The number of hydrogen-bond donors (Lipinski definition) is 2. The SMILES string of the molecule is CC(=O)OO[C@@H]([C@@H](O)[C@@H](C)O)[C@@H](F)CF. The Bertz CT molecular complexity index is 199. The van der Waals surface area contributed by atoms with Gasteiger partial charge in [0.2, 0.25) is 0 Å². The number of halogens is 2. The predicted molar refractivity (Wildman–Crippen MR) is 45.2 cm³/mol. The van der Waals surface area contributed by atoms with Crippen molar-refractivity contribution in [2.75, 3.05) is 6.67 Å². The molecular weight excluding hydrogens is 214 g/mol. The molecule has 15 heavy (non-hydrogen) atoms. The van der Waals surface area contributed by atoms with E-state index in [2.05, 4.69) is 9.78 Å². The number of hydrogen-bond acceptors (Lipinski definition) is 5. The monoisotopic (exact) mass is 228 g/mol. The number of rotatable bonds is 6. The fourth-order valence-corrected chi connectivity index (χ4v) is 0.817. The first-order chi connectivity index (χ1) is 6.90. The van der Waals surface area contributed by atoms with Gasteiger partial charge in [0.15, 0.2) is 12.3 Å². The Labute approximate surface area is 85.5 Å². The molecule has 5 nitrogen and oxygen atoms in total. The maximum atomic E-state index is 12.9. The topological polar surface area (TPSA) is 76.0 Å². The molecule has 0 bridgehead atoms. The second-order valence-electron chi connectivity index (χ2n) is 3.04. The maximum absolute atomic E-state index is 12.9. The van der Waals surface area contributed by atoms with Crippen LogP contribution in [0.15, 0.2) is 0 Å². The molecule has 0 saturated heterocycles. The summed E-state index contributed by atoms with van der Waals surface area (Å²) in [6.45, 7) is 0.740. The van der Waals surface area contributed by atoms with Crippen LogP contribution in [0.2, 0.25) is 0 Å². The maximum Gasteiger partial charge on any atom is 0.339 e. The van der Waals surface area contributed by atoms with E-state index in [1.807, 2.05) is 0 Å². The smallest absolute Gasteiger partial charge is 0.339 e. The Morgan fingerprint density at radius 2 is 2.00 bits per heavy atom. The molecule has 0 aromatic rings. The Kier molecular flexibility index (Phi) is 6.30. The molecule has 0 aromatic heterocycles. The van der Waals surface area contributed by atoms with Gasteiger partial charge in [-0.05, 0) is 6.92 Å². The molecule has 0 saturated carbocycles. The van der Waals surface area contributed by atoms with Crippen LogP contribution in [-0.2, 0) is 14.6 Å². The number of aliphatic hydroxyl groups excluding tert-OH is 2. The molecule has 0 rings (SSSR count). The third-order valence-corrected chi connectivity index (χ3v) is 1.61. The molecule has 7 heteroatoms. The average Bonchev–Trinajstić information content (AvgIpc) is 2.16. The van der Waals surface area contributed by atoms with Gasteiger partial charge in [-0.3, -0.25) is 4.89 Å². The molecule has 0 aromatic carbocycles. The van der Waals surface area contributed by atoms with Gasteiger partial charge >= 0.3 is 5.97 Å². The molecule has 4 atom stereocenters. The van der Waals surface area contributed by atoms with Crippen molar-refractivity contribution >= 4 is 5.97 Å². The van der Waals surface area contributed by atoms with Gasteiger partial charge in [0.25, 0.3) is 0 Å². The number of carbonyl (C=O) groups is 1. The highest BCUT2D eigenvalue weighted by Crippen LogP contribution is 2.13. The summed E-state index contributed by atoms with van der Waals surface area (Å²) in [4.78, 5) is 18.5. The minimum absolute atomic E-state index is 0.871. The summed E-state index contributed by atoms with van der Waals surface area (Å²) in [7, 11) is 0. The first kappa shape index (κ1) is 14.2. The predicted octanol–water partition coefficient (Wildman–Crippen LogP) is -0.101. The second kappa shape index (κ2) is 6.65. The van der Waals surface area contributed by atoms with E-state index in [9.17, 15) is 18.7 Å². The fourth-order valence-electron chi connectivity index (χ4n) is 0.817. The minimum atomic E-state index is -2.19. The van der Waals surface area contributed by atoms with Crippen molar-refractivity contribution in [1.82, 2.24) is 0 Å². The average molecular weight is 228 g/mol. The van der Waals surface area contributed by atoms with Gasteiger partial charge in [0.05, 0.1) is 6.10 Å². The minimum Gasteiger partial charge on any atom is -0.391 e. The van der Waals surface area contributed by atoms with Crippen LogP contribution in [0.5, 0.6) is 0 Å². The van der Waals surface area contributed by atoms with Crippen LogP contribution >= 0.6 is 0 Å². The Morgan fingerprint density at radius 3 is 2.33 bits per heavy atom. The summed E-state index contributed by atoms with van der Waals surface area (Å²) in [6, 6.07) is 0. The van der Waals surface area contributed by atoms with Gasteiger partial charge in [0, 0.05) is 6.92 Å². The van der Waals surface area contributed by atoms with Crippen LogP contribution in [0.1, 0.15) is 13.8 Å². The van der Waals surface area contributed by atoms with E-state index in [0.717, 1.165) is 6.92 Å². The number of carbonyl (C=O) groups excluding carboxylic acids is 1. The highest BCUT2D eigenvalue weighted by atomic mass is 19.2. The van der Waals surface area contributed by atoms with Gasteiger partial charge in [-0.1, -0.05) is 0 Å². The largest absolute Gasteiger partial charge is 0.391 e. The Morgan fingerprint density at radius 1 is 1.47 bits per heavy atom. The third-order valence-electron chi connectivity index (χ3n) is 1.61. The zero-order valence-electron chi connectivity index (χ0n) is 8.39. The van der Waals surface area contributed by atoms with Crippen molar-refractivity contribution in [2.45, 2.75) is 38.3 Å². The lowest BCUT2D eigenvalue weighted by Crippen LogP contribution is -2.44. The molecule has 0 fully saturated rings. The summed E-state index contributed by atoms with van der Waals surface area (Å²) in [6.07, 6.45) is -6.96. The highest BCUT2D eigenvalue weighted by molar-refractivity contribution is 5.65. The normalized spacial score (nSPS) is 19.1. The summed E-state index contributed by atoms with van der Waals surface area (Å²) < 4.78 is 24.9. The molecule has 0 spiro atoms. The van der Waals surface area contributed by atoms with E-state index in [0.29, 0.717) is 0 Å². The molecule has 2 N–H and O–H groups in total. The summed E-state index contributed by atoms with van der Waals surface area (Å²) >= 11 is 0. The van der Waals surface area contributed by atoms with E-state index in [4.69, 9.17) is 5.11 Å². The molecule has 0 unspecified atom stereocenters. The van der Waals surface area contributed by atoms with E-state index < -0.39 is 37.1 Å². The summed E-state index contributed by atoms with van der Waals surface area (Å²) in [5, 5.41) is 18.2. The van der Waals surface area contributed by atoms with Gasteiger partial charge in [-0.2, -0.15) is 4.89 Å². The molecule has 0 heterocycles. The molecule has 0 aliphatic heterocycles. The van der Waals surface area contributed by atoms with E-state index in [-0.39, 0.29) is 0 Å².